The van der Waals surface area contributed by atoms with Crippen molar-refractivity contribution in [3.63, 3.8) is 0 Å². The standard InChI is InChI=1S/C28H22N2/c1-3-10-25-20(7-1)12-14-22-17-30(19-24-9-5-6-16-29-24)18-23-15-13-21-8-2-4-11-26(21)28(23)27(22)25/h1-16H,17-19H2. The summed E-state index contributed by atoms with van der Waals surface area (Å²) in [4.78, 5) is 7.08. The molecule has 5 aromatic rings. The Morgan fingerprint density at radius 2 is 1.17 bits per heavy atom. The summed E-state index contributed by atoms with van der Waals surface area (Å²) in [5.41, 5.74) is 6.68. The van der Waals surface area contributed by atoms with Crippen molar-refractivity contribution in [2.75, 3.05) is 0 Å². The lowest BCUT2D eigenvalue weighted by Gasteiger charge is -2.20. The van der Waals surface area contributed by atoms with E-state index < -0.39 is 0 Å². The Balaban J connectivity index is 1.62. The Kier molecular flexibility index (Phi) is 4.10. The van der Waals surface area contributed by atoms with Crippen molar-refractivity contribution in [1.82, 2.24) is 9.88 Å². The molecule has 6 rings (SSSR count). The summed E-state index contributed by atoms with van der Waals surface area (Å²) >= 11 is 0. The molecule has 30 heavy (non-hydrogen) atoms. The maximum atomic E-state index is 4.57. The van der Waals surface area contributed by atoms with Crippen LogP contribution in [0.15, 0.2) is 97.2 Å². The first-order valence-electron chi connectivity index (χ1n) is 10.5. The van der Waals surface area contributed by atoms with E-state index in [2.05, 4.69) is 94.8 Å². The van der Waals surface area contributed by atoms with Gasteiger partial charge >= 0.3 is 0 Å². The smallest absolute Gasteiger partial charge is 0.0544 e. The molecular formula is C28H22N2. The van der Waals surface area contributed by atoms with Crippen LogP contribution in [0.5, 0.6) is 0 Å². The largest absolute Gasteiger partial charge is 0.289 e. The van der Waals surface area contributed by atoms with Crippen LogP contribution in [0.25, 0.3) is 32.7 Å². The molecule has 0 radical (unpaired) electrons. The Bertz CT molecular complexity index is 1280. The second-order valence-corrected chi connectivity index (χ2v) is 8.11. The van der Waals surface area contributed by atoms with E-state index in [-0.39, 0.29) is 0 Å². The zero-order valence-electron chi connectivity index (χ0n) is 16.8. The summed E-state index contributed by atoms with van der Waals surface area (Å²) in [5.74, 6) is 0. The minimum absolute atomic E-state index is 0.847. The van der Waals surface area contributed by atoms with E-state index in [4.69, 9.17) is 0 Å². The van der Waals surface area contributed by atoms with Crippen LogP contribution >= 0.6 is 0 Å². The molecular weight excluding hydrogens is 364 g/mol. The topological polar surface area (TPSA) is 16.1 Å². The first kappa shape index (κ1) is 17.4. The third-order valence-electron chi connectivity index (χ3n) is 6.18. The third-order valence-corrected chi connectivity index (χ3v) is 6.18. The van der Waals surface area contributed by atoms with Crippen LogP contribution in [0.1, 0.15) is 16.8 Å². The van der Waals surface area contributed by atoms with Crippen molar-refractivity contribution in [2.45, 2.75) is 19.6 Å². The minimum atomic E-state index is 0.847. The Morgan fingerprint density at radius 3 is 1.73 bits per heavy atom. The summed E-state index contributed by atoms with van der Waals surface area (Å²) in [6, 6.07) is 32.9. The van der Waals surface area contributed by atoms with Crippen molar-refractivity contribution >= 4 is 21.5 Å². The van der Waals surface area contributed by atoms with Crippen molar-refractivity contribution < 1.29 is 0 Å². The van der Waals surface area contributed by atoms with Crippen molar-refractivity contribution in [1.29, 1.82) is 0 Å². The molecule has 0 saturated carbocycles. The highest BCUT2D eigenvalue weighted by molar-refractivity contribution is 6.08. The van der Waals surface area contributed by atoms with Crippen LogP contribution in [0, 0.1) is 0 Å². The quantitative estimate of drug-likeness (QED) is 0.341. The first-order chi connectivity index (χ1) is 14.9. The highest BCUT2D eigenvalue weighted by Gasteiger charge is 2.23. The fourth-order valence-corrected chi connectivity index (χ4v) is 4.86. The van der Waals surface area contributed by atoms with E-state index in [1.807, 2.05) is 12.3 Å². The van der Waals surface area contributed by atoms with E-state index in [0.29, 0.717) is 0 Å². The molecule has 2 heteroatoms. The summed E-state index contributed by atoms with van der Waals surface area (Å²) in [6.07, 6.45) is 1.88. The number of pyridine rings is 1. The number of nitrogens with zero attached hydrogens (tertiary/aromatic N) is 2. The second kappa shape index (κ2) is 7.08. The zero-order chi connectivity index (χ0) is 19.9. The fraction of sp³-hybridized carbons (Fsp3) is 0.107. The van der Waals surface area contributed by atoms with Crippen LogP contribution in [0.4, 0.5) is 0 Å². The Labute approximate surface area is 176 Å². The van der Waals surface area contributed by atoms with Gasteiger partial charge in [0, 0.05) is 25.8 Å². The van der Waals surface area contributed by atoms with Gasteiger partial charge in [-0.05, 0) is 55.9 Å². The maximum Gasteiger partial charge on any atom is 0.0544 e. The van der Waals surface area contributed by atoms with Gasteiger partial charge in [0.15, 0.2) is 0 Å². The SMILES string of the molecule is c1ccc(CN2Cc3ccc4ccccc4c3-c3c(ccc4ccccc34)C2)nc1. The van der Waals surface area contributed by atoms with Gasteiger partial charge < -0.3 is 0 Å². The lowest BCUT2D eigenvalue weighted by atomic mass is 9.88. The predicted molar refractivity (Wildman–Crippen MR) is 124 cm³/mol. The van der Waals surface area contributed by atoms with Crippen molar-refractivity contribution in [2.24, 2.45) is 0 Å². The number of fused-ring (bicyclic) bond motifs is 7. The molecule has 0 amide bonds. The zero-order valence-corrected chi connectivity index (χ0v) is 16.8. The highest BCUT2D eigenvalue weighted by Crippen LogP contribution is 2.42. The molecule has 0 unspecified atom stereocenters. The highest BCUT2D eigenvalue weighted by atomic mass is 15.1. The maximum absolute atomic E-state index is 4.57. The minimum Gasteiger partial charge on any atom is -0.289 e. The van der Waals surface area contributed by atoms with Crippen LogP contribution in [-0.2, 0) is 19.6 Å². The molecule has 144 valence electrons. The van der Waals surface area contributed by atoms with Gasteiger partial charge in [0.1, 0.15) is 0 Å². The van der Waals surface area contributed by atoms with E-state index >= 15 is 0 Å². The van der Waals surface area contributed by atoms with Gasteiger partial charge in [-0.1, -0.05) is 78.9 Å². The number of hydrogen-bond acceptors (Lipinski definition) is 2. The molecule has 0 N–H and O–H groups in total. The van der Waals surface area contributed by atoms with Crippen molar-refractivity contribution in [3.8, 4) is 11.1 Å². The average Bonchev–Trinajstić information content (AvgIpc) is 2.96. The van der Waals surface area contributed by atoms with Gasteiger partial charge in [-0.25, -0.2) is 0 Å². The van der Waals surface area contributed by atoms with Gasteiger partial charge in [0.05, 0.1) is 5.69 Å². The van der Waals surface area contributed by atoms with Crippen LogP contribution in [-0.4, -0.2) is 9.88 Å². The molecule has 0 bridgehead atoms. The molecule has 2 nitrogen and oxygen atoms in total. The molecule has 1 aliphatic heterocycles. The summed E-state index contributed by atoms with van der Waals surface area (Å²) in [7, 11) is 0. The summed E-state index contributed by atoms with van der Waals surface area (Å²) in [5, 5.41) is 5.28. The molecule has 0 saturated heterocycles. The number of benzene rings is 4. The fourth-order valence-electron chi connectivity index (χ4n) is 4.86. The predicted octanol–water partition coefficient (Wildman–Crippen LogP) is 6.57. The lowest BCUT2D eigenvalue weighted by Crippen LogP contribution is -2.21. The van der Waals surface area contributed by atoms with E-state index in [0.717, 1.165) is 25.3 Å². The number of aromatic nitrogens is 1. The van der Waals surface area contributed by atoms with Crippen molar-refractivity contribution in [3.05, 3.63) is 114 Å². The van der Waals surface area contributed by atoms with E-state index in [9.17, 15) is 0 Å². The van der Waals surface area contributed by atoms with Gasteiger partial charge in [0.2, 0.25) is 0 Å². The molecule has 0 atom stereocenters. The molecule has 2 heterocycles. The molecule has 0 spiro atoms. The number of hydrogen-bond donors (Lipinski definition) is 0. The van der Waals surface area contributed by atoms with Crippen LogP contribution in [0.2, 0.25) is 0 Å². The Morgan fingerprint density at radius 1 is 0.600 bits per heavy atom. The second-order valence-electron chi connectivity index (χ2n) is 8.11. The third kappa shape index (κ3) is 2.89. The molecule has 4 aromatic carbocycles. The van der Waals surface area contributed by atoms with Gasteiger partial charge in [0.25, 0.3) is 0 Å². The summed E-state index contributed by atoms with van der Waals surface area (Å²) < 4.78 is 0. The number of rotatable bonds is 2. The van der Waals surface area contributed by atoms with Gasteiger partial charge in [-0.15, -0.1) is 0 Å². The Hall–Kier alpha value is -3.49. The first-order valence-corrected chi connectivity index (χ1v) is 10.5. The van der Waals surface area contributed by atoms with E-state index in [1.165, 1.54) is 43.8 Å². The molecule has 1 aromatic heterocycles. The summed E-state index contributed by atoms with van der Waals surface area (Å²) in [6.45, 7) is 2.68. The molecule has 1 aliphatic rings. The average molecular weight is 386 g/mol. The van der Waals surface area contributed by atoms with Gasteiger partial charge in [-0.3, -0.25) is 9.88 Å². The monoisotopic (exact) mass is 386 g/mol. The molecule has 0 aliphatic carbocycles. The van der Waals surface area contributed by atoms with Crippen LogP contribution in [0.3, 0.4) is 0 Å². The van der Waals surface area contributed by atoms with Gasteiger partial charge in [-0.2, -0.15) is 0 Å². The van der Waals surface area contributed by atoms with Crippen LogP contribution < -0.4 is 0 Å². The lowest BCUT2D eigenvalue weighted by molar-refractivity contribution is 0.247. The normalized spacial score (nSPS) is 13.7. The molecule has 0 fully saturated rings. The van der Waals surface area contributed by atoms with E-state index in [1.54, 1.807) is 0 Å².